The average molecular weight is 249 g/mol. The molecule has 0 radical (unpaired) electrons. The van der Waals surface area contributed by atoms with Gasteiger partial charge >= 0.3 is 0 Å². The Labute approximate surface area is 110 Å². The SMILES string of the molecule is CC1CCC(C(C)(C)c2cccc(F)c2)C(N)C1. The fourth-order valence-electron chi connectivity index (χ4n) is 3.42. The Bertz CT molecular complexity index is 413. The molecule has 0 amide bonds. The number of nitrogens with two attached hydrogens (primary N) is 1. The molecule has 1 aliphatic carbocycles. The summed E-state index contributed by atoms with van der Waals surface area (Å²) in [6, 6.07) is 7.21. The molecule has 2 rings (SSSR count). The third-order valence-electron chi connectivity index (χ3n) is 4.66. The Morgan fingerprint density at radius 2 is 2.00 bits per heavy atom. The molecule has 0 aromatic heterocycles. The van der Waals surface area contributed by atoms with Crippen molar-refractivity contribution in [2.45, 2.75) is 51.5 Å². The second-order valence-electron chi connectivity index (χ2n) is 6.42. The van der Waals surface area contributed by atoms with Crippen LogP contribution in [0.2, 0.25) is 0 Å². The molecule has 0 spiro atoms. The van der Waals surface area contributed by atoms with Crippen molar-refractivity contribution in [2.24, 2.45) is 17.6 Å². The van der Waals surface area contributed by atoms with Crippen LogP contribution < -0.4 is 5.73 Å². The van der Waals surface area contributed by atoms with Crippen molar-refractivity contribution in [3.8, 4) is 0 Å². The highest BCUT2D eigenvalue weighted by Gasteiger charge is 2.38. The molecule has 1 saturated carbocycles. The number of halogens is 1. The van der Waals surface area contributed by atoms with Crippen molar-refractivity contribution in [2.75, 3.05) is 0 Å². The molecule has 1 fully saturated rings. The summed E-state index contributed by atoms with van der Waals surface area (Å²) in [6.45, 7) is 6.66. The lowest BCUT2D eigenvalue weighted by Crippen LogP contribution is -2.45. The van der Waals surface area contributed by atoms with Crippen LogP contribution in [0.15, 0.2) is 24.3 Å². The summed E-state index contributed by atoms with van der Waals surface area (Å²) >= 11 is 0. The highest BCUT2D eigenvalue weighted by molar-refractivity contribution is 5.26. The van der Waals surface area contributed by atoms with Gasteiger partial charge in [-0.3, -0.25) is 0 Å². The molecule has 1 nitrogen and oxygen atoms in total. The Balaban J connectivity index is 2.25. The van der Waals surface area contributed by atoms with Gasteiger partial charge in [0.05, 0.1) is 0 Å². The minimum atomic E-state index is -0.154. The van der Waals surface area contributed by atoms with Crippen LogP contribution in [0.4, 0.5) is 4.39 Å². The summed E-state index contributed by atoms with van der Waals surface area (Å²) in [5.74, 6) is 1.01. The van der Waals surface area contributed by atoms with E-state index in [0.717, 1.165) is 24.3 Å². The monoisotopic (exact) mass is 249 g/mol. The van der Waals surface area contributed by atoms with Crippen LogP contribution in [-0.2, 0) is 5.41 Å². The quantitative estimate of drug-likeness (QED) is 0.846. The lowest BCUT2D eigenvalue weighted by atomic mass is 9.64. The van der Waals surface area contributed by atoms with Crippen LogP contribution in [0, 0.1) is 17.7 Å². The first kappa shape index (κ1) is 13.5. The summed E-state index contributed by atoms with van der Waals surface area (Å²) < 4.78 is 13.4. The fraction of sp³-hybridized carbons (Fsp3) is 0.625. The number of benzene rings is 1. The molecule has 2 N–H and O–H groups in total. The molecule has 18 heavy (non-hydrogen) atoms. The highest BCUT2D eigenvalue weighted by Crippen LogP contribution is 2.41. The van der Waals surface area contributed by atoms with Gasteiger partial charge in [0.25, 0.3) is 0 Å². The third kappa shape index (κ3) is 2.59. The Morgan fingerprint density at radius 1 is 1.28 bits per heavy atom. The van der Waals surface area contributed by atoms with Gasteiger partial charge in [-0.1, -0.05) is 39.3 Å². The number of rotatable bonds is 2. The summed E-state index contributed by atoms with van der Waals surface area (Å²) in [4.78, 5) is 0. The van der Waals surface area contributed by atoms with E-state index in [4.69, 9.17) is 5.73 Å². The molecule has 0 aliphatic heterocycles. The molecule has 3 atom stereocenters. The second kappa shape index (κ2) is 5.00. The maximum atomic E-state index is 13.4. The minimum Gasteiger partial charge on any atom is -0.327 e. The normalized spacial score (nSPS) is 29.3. The van der Waals surface area contributed by atoms with Crippen LogP contribution in [0.3, 0.4) is 0 Å². The molecule has 0 saturated heterocycles. The molecule has 0 bridgehead atoms. The summed E-state index contributed by atoms with van der Waals surface area (Å²) in [5, 5.41) is 0. The average Bonchev–Trinajstić information content (AvgIpc) is 2.28. The standard InChI is InChI=1S/C16H24FN/c1-11-7-8-14(15(18)9-11)16(2,3)12-5-4-6-13(17)10-12/h4-6,10-11,14-15H,7-9,18H2,1-3H3. The first-order valence-corrected chi connectivity index (χ1v) is 6.93. The van der Waals surface area contributed by atoms with Crippen LogP contribution >= 0.6 is 0 Å². The number of hydrogen-bond donors (Lipinski definition) is 1. The molecular formula is C16H24FN. The van der Waals surface area contributed by atoms with Gasteiger partial charge in [-0.25, -0.2) is 4.39 Å². The van der Waals surface area contributed by atoms with Crippen molar-refractivity contribution in [1.29, 1.82) is 0 Å². The Hall–Kier alpha value is -0.890. The highest BCUT2D eigenvalue weighted by atomic mass is 19.1. The van der Waals surface area contributed by atoms with Gasteiger partial charge in [0.1, 0.15) is 5.82 Å². The predicted molar refractivity (Wildman–Crippen MR) is 73.9 cm³/mol. The van der Waals surface area contributed by atoms with E-state index in [1.165, 1.54) is 12.5 Å². The zero-order valence-corrected chi connectivity index (χ0v) is 11.6. The fourth-order valence-corrected chi connectivity index (χ4v) is 3.42. The van der Waals surface area contributed by atoms with E-state index >= 15 is 0 Å². The van der Waals surface area contributed by atoms with Gasteiger partial charge in [-0.2, -0.15) is 0 Å². The molecule has 100 valence electrons. The van der Waals surface area contributed by atoms with E-state index in [-0.39, 0.29) is 17.3 Å². The Morgan fingerprint density at radius 3 is 2.61 bits per heavy atom. The molecule has 3 unspecified atom stereocenters. The zero-order chi connectivity index (χ0) is 13.3. The summed E-state index contributed by atoms with van der Waals surface area (Å²) in [6.07, 6.45) is 3.46. The van der Waals surface area contributed by atoms with E-state index in [0.29, 0.717) is 5.92 Å². The second-order valence-corrected chi connectivity index (χ2v) is 6.42. The first-order chi connectivity index (χ1) is 8.41. The third-order valence-corrected chi connectivity index (χ3v) is 4.66. The summed E-state index contributed by atoms with van der Waals surface area (Å²) in [7, 11) is 0. The van der Waals surface area contributed by atoms with Gasteiger partial charge < -0.3 is 5.73 Å². The van der Waals surface area contributed by atoms with Crippen molar-refractivity contribution in [3.05, 3.63) is 35.6 Å². The topological polar surface area (TPSA) is 26.0 Å². The Kier molecular flexibility index (Phi) is 3.76. The van der Waals surface area contributed by atoms with Gasteiger partial charge in [0.2, 0.25) is 0 Å². The van der Waals surface area contributed by atoms with E-state index in [9.17, 15) is 4.39 Å². The first-order valence-electron chi connectivity index (χ1n) is 6.93. The van der Waals surface area contributed by atoms with Crippen molar-refractivity contribution < 1.29 is 4.39 Å². The van der Waals surface area contributed by atoms with Crippen molar-refractivity contribution >= 4 is 0 Å². The van der Waals surface area contributed by atoms with Crippen LogP contribution in [0.5, 0.6) is 0 Å². The molecule has 1 aliphatic rings. The van der Waals surface area contributed by atoms with Crippen molar-refractivity contribution in [3.63, 3.8) is 0 Å². The van der Waals surface area contributed by atoms with Gasteiger partial charge in [0.15, 0.2) is 0 Å². The zero-order valence-electron chi connectivity index (χ0n) is 11.6. The predicted octanol–water partition coefficient (Wildman–Crippen LogP) is 3.87. The maximum absolute atomic E-state index is 13.4. The molecule has 1 aromatic rings. The lowest BCUT2D eigenvalue weighted by Gasteiger charge is -2.43. The molecule has 2 heteroatoms. The van der Waals surface area contributed by atoms with Crippen LogP contribution in [-0.4, -0.2) is 6.04 Å². The van der Waals surface area contributed by atoms with Crippen molar-refractivity contribution in [1.82, 2.24) is 0 Å². The largest absolute Gasteiger partial charge is 0.327 e. The van der Waals surface area contributed by atoms with E-state index in [2.05, 4.69) is 20.8 Å². The molecule has 1 aromatic carbocycles. The molecular weight excluding hydrogens is 225 g/mol. The van der Waals surface area contributed by atoms with Gasteiger partial charge in [0, 0.05) is 6.04 Å². The summed E-state index contributed by atoms with van der Waals surface area (Å²) in [5.41, 5.74) is 7.35. The smallest absolute Gasteiger partial charge is 0.123 e. The minimum absolute atomic E-state index is 0.0539. The van der Waals surface area contributed by atoms with Crippen LogP contribution in [0.1, 0.15) is 45.6 Å². The number of hydrogen-bond acceptors (Lipinski definition) is 1. The van der Waals surface area contributed by atoms with Gasteiger partial charge in [-0.15, -0.1) is 0 Å². The maximum Gasteiger partial charge on any atom is 0.123 e. The molecule has 0 heterocycles. The van der Waals surface area contributed by atoms with E-state index in [1.54, 1.807) is 12.1 Å². The van der Waals surface area contributed by atoms with E-state index < -0.39 is 0 Å². The van der Waals surface area contributed by atoms with Gasteiger partial charge in [-0.05, 0) is 47.8 Å². The lowest BCUT2D eigenvalue weighted by molar-refractivity contribution is 0.171. The van der Waals surface area contributed by atoms with Crippen LogP contribution in [0.25, 0.3) is 0 Å². The van der Waals surface area contributed by atoms with E-state index in [1.807, 2.05) is 6.07 Å².